The highest BCUT2D eigenvalue weighted by Gasteiger charge is 2.33. The van der Waals surface area contributed by atoms with Gasteiger partial charge in [0.25, 0.3) is 0 Å². The van der Waals surface area contributed by atoms with E-state index < -0.39 is 54.0 Å². The molecule has 1 aromatic heterocycles. The van der Waals surface area contributed by atoms with Crippen LogP contribution in [0.15, 0.2) is 30.5 Å². The maximum atomic E-state index is 13.4. The Hall–Kier alpha value is -3.48. The van der Waals surface area contributed by atoms with Crippen LogP contribution in [0.1, 0.15) is 45.6 Å². The number of amides is 3. The van der Waals surface area contributed by atoms with Crippen molar-refractivity contribution in [3.8, 4) is 0 Å². The number of carbonyl (C=O) groups excluding carboxylic acids is 3. The van der Waals surface area contributed by atoms with Crippen LogP contribution in [0.25, 0.3) is 10.9 Å². The summed E-state index contributed by atoms with van der Waals surface area (Å²) in [5.41, 5.74) is 13.0. The van der Waals surface area contributed by atoms with E-state index in [0.717, 1.165) is 16.5 Å². The van der Waals surface area contributed by atoms with Crippen molar-refractivity contribution in [1.29, 1.82) is 0 Å². The second-order valence-electron chi connectivity index (χ2n) is 9.81. The minimum absolute atomic E-state index is 0.0807. The minimum Gasteiger partial charge on any atom is -0.480 e. The third-order valence-electron chi connectivity index (χ3n) is 6.38. The van der Waals surface area contributed by atoms with E-state index in [4.69, 9.17) is 11.5 Å². The highest BCUT2D eigenvalue weighted by molar-refractivity contribution is 5.95. The van der Waals surface area contributed by atoms with Crippen molar-refractivity contribution in [2.75, 3.05) is 6.54 Å². The van der Waals surface area contributed by atoms with E-state index >= 15 is 0 Å². The standard InChI is InChI=1S/C26H40N6O6/c1-14(2)21(28)24(35)31-20(12-16-13-29-18-9-5-4-8-17(16)18)23(34)32-22(15(3)33)25(36)30-19(26(37)38)10-6-7-11-27/h4-5,8-9,13-15,19-22,29,33H,6-7,10-12,27-28H2,1-3H3,(H,30,36)(H,31,35)(H,32,34)(H,37,38). The van der Waals surface area contributed by atoms with Gasteiger partial charge >= 0.3 is 5.97 Å². The van der Waals surface area contributed by atoms with E-state index in [1.807, 2.05) is 24.3 Å². The van der Waals surface area contributed by atoms with Gasteiger partial charge in [-0.1, -0.05) is 32.0 Å². The maximum Gasteiger partial charge on any atom is 0.326 e. The molecule has 2 rings (SSSR count). The quantitative estimate of drug-likeness (QED) is 0.143. The predicted octanol–water partition coefficient (Wildman–Crippen LogP) is -0.257. The van der Waals surface area contributed by atoms with Gasteiger partial charge in [0.1, 0.15) is 18.1 Å². The van der Waals surface area contributed by atoms with Crippen LogP contribution in [0.2, 0.25) is 0 Å². The van der Waals surface area contributed by atoms with Crippen LogP contribution < -0.4 is 27.4 Å². The van der Waals surface area contributed by atoms with Gasteiger partial charge < -0.3 is 42.6 Å². The van der Waals surface area contributed by atoms with E-state index in [2.05, 4.69) is 20.9 Å². The molecule has 2 aromatic rings. The van der Waals surface area contributed by atoms with Crippen LogP contribution in [-0.4, -0.2) is 75.7 Å². The molecule has 0 aliphatic heterocycles. The van der Waals surface area contributed by atoms with Gasteiger partial charge in [0.15, 0.2) is 0 Å². The number of nitrogens with two attached hydrogens (primary N) is 2. The number of carboxylic acids is 1. The molecule has 0 spiro atoms. The van der Waals surface area contributed by atoms with Gasteiger partial charge in [-0.15, -0.1) is 0 Å². The Kier molecular flexibility index (Phi) is 11.7. The van der Waals surface area contributed by atoms with E-state index in [9.17, 15) is 29.4 Å². The number of aliphatic carboxylic acids is 1. The molecule has 0 radical (unpaired) electrons. The Morgan fingerprint density at radius 2 is 1.61 bits per heavy atom. The van der Waals surface area contributed by atoms with Crippen molar-refractivity contribution in [3.63, 3.8) is 0 Å². The SMILES string of the molecule is CC(C)C(N)C(=O)NC(Cc1c[nH]c2ccccc12)C(=O)NC(C(=O)NC(CCCCN)C(=O)O)C(C)O. The number of aliphatic hydroxyl groups is 1. The van der Waals surface area contributed by atoms with Gasteiger partial charge in [0.2, 0.25) is 17.7 Å². The first-order valence-corrected chi connectivity index (χ1v) is 12.8. The zero-order valence-electron chi connectivity index (χ0n) is 22.1. The fraction of sp³-hybridized carbons (Fsp3) is 0.538. The summed E-state index contributed by atoms with van der Waals surface area (Å²) in [6.07, 6.45) is 1.68. The fourth-order valence-corrected chi connectivity index (χ4v) is 3.97. The van der Waals surface area contributed by atoms with E-state index in [0.29, 0.717) is 19.4 Å². The molecule has 0 bridgehead atoms. The van der Waals surface area contributed by atoms with Crippen molar-refractivity contribution >= 4 is 34.6 Å². The lowest BCUT2D eigenvalue weighted by molar-refractivity contribution is -0.143. The Balaban J connectivity index is 2.25. The molecule has 0 fully saturated rings. The number of aromatic nitrogens is 1. The third-order valence-corrected chi connectivity index (χ3v) is 6.38. The summed E-state index contributed by atoms with van der Waals surface area (Å²) in [6.45, 7) is 5.24. The molecule has 38 heavy (non-hydrogen) atoms. The molecular weight excluding hydrogens is 492 g/mol. The lowest BCUT2D eigenvalue weighted by Gasteiger charge is -2.27. The van der Waals surface area contributed by atoms with Crippen LogP contribution >= 0.6 is 0 Å². The summed E-state index contributed by atoms with van der Waals surface area (Å²) < 4.78 is 0. The highest BCUT2D eigenvalue weighted by atomic mass is 16.4. The van der Waals surface area contributed by atoms with Gasteiger partial charge in [0.05, 0.1) is 12.1 Å². The maximum absolute atomic E-state index is 13.4. The Bertz CT molecular complexity index is 1100. The fourth-order valence-electron chi connectivity index (χ4n) is 3.97. The number of unbranched alkanes of at least 4 members (excludes halogenated alkanes) is 1. The number of carbonyl (C=O) groups is 4. The highest BCUT2D eigenvalue weighted by Crippen LogP contribution is 2.19. The summed E-state index contributed by atoms with van der Waals surface area (Å²) in [6, 6.07) is 2.81. The number of carboxylic acid groups (broad SMARTS) is 1. The normalized spacial score (nSPS) is 15.3. The number of para-hydroxylation sites is 1. The van der Waals surface area contributed by atoms with Gasteiger partial charge in [-0.3, -0.25) is 14.4 Å². The lowest BCUT2D eigenvalue weighted by atomic mass is 10.0. The van der Waals surface area contributed by atoms with Crippen molar-refractivity contribution in [2.45, 2.75) is 76.7 Å². The molecule has 5 atom stereocenters. The summed E-state index contributed by atoms with van der Waals surface area (Å²) in [7, 11) is 0. The summed E-state index contributed by atoms with van der Waals surface area (Å²) in [5.74, 6) is -3.54. The topological polar surface area (TPSA) is 213 Å². The van der Waals surface area contributed by atoms with Crippen molar-refractivity contribution < 1.29 is 29.4 Å². The Morgan fingerprint density at radius 3 is 2.21 bits per heavy atom. The number of aliphatic hydroxyl groups excluding tert-OH is 1. The Labute approximate surface area is 221 Å². The molecule has 0 aliphatic rings. The number of aromatic amines is 1. The summed E-state index contributed by atoms with van der Waals surface area (Å²) in [4.78, 5) is 53.8. The van der Waals surface area contributed by atoms with Crippen LogP contribution in [0.5, 0.6) is 0 Å². The lowest BCUT2D eigenvalue weighted by Crippen LogP contribution is -2.60. The van der Waals surface area contributed by atoms with Crippen LogP contribution in [-0.2, 0) is 25.6 Å². The average molecular weight is 533 g/mol. The first kappa shape index (κ1) is 30.7. The minimum atomic E-state index is -1.46. The van der Waals surface area contributed by atoms with Gasteiger partial charge in [0, 0.05) is 23.5 Å². The van der Waals surface area contributed by atoms with Gasteiger partial charge in [-0.25, -0.2) is 4.79 Å². The monoisotopic (exact) mass is 532 g/mol. The number of benzene rings is 1. The van der Waals surface area contributed by atoms with Crippen molar-refractivity contribution in [1.82, 2.24) is 20.9 Å². The predicted molar refractivity (Wildman–Crippen MR) is 143 cm³/mol. The molecule has 0 saturated heterocycles. The second-order valence-corrected chi connectivity index (χ2v) is 9.81. The Morgan fingerprint density at radius 1 is 0.947 bits per heavy atom. The van der Waals surface area contributed by atoms with Crippen LogP contribution in [0, 0.1) is 5.92 Å². The first-order valence-electron chi connectivity index (χ1n) is 12.8. The zero-order valence-corrected chi connectivity index (χ0v) is 22.1. The number of H-pyrrole nitrogens is 1. The van der Waals surface area contributed by atoms with E-state index in [1.54, 1.807) is 20.0 Å². The molecule has 12 heteroatoms. The molecule has 0 aliphatic carbocycles. The molecule has 1 aromatic carbocycles. The van der Waals surface area contributed by atoms with E-state index in [1.165, 1.54) is 6.92 Å². The van der Waals surface area contributed by atoms with Gasteiger partial charge in [-0.2, -0.15) is 0 Å². The average Bonchev–Trinajstić information content (AvgIpc) is 3.27. The molecular formula is C26H40N6O6. The zero-order chi connectivity index (χ0) is 28.4. The van der Waals surface area contributed by atoms with Crippen molar-refractivity contribution in [2.24, 2.45) is 17.4 Å². The van der Waals surface area contributed by atoms with Crippen LogP contribution in [0.4, 0.5) is 0 Å². The number of hydrogen-bond donors (Lipinski definition) is 8. The van der Waals surface area contributed by atoms with Crippen molar-refractivity contribution in [3.05, 3.63) is 36.0 Å². The molecule has 10 N–H and O–H groups in total. The molecule has 0 saturated carbocycles. The number of rotatable bonds is 15. The second kappa shape index (κ2) is 14.5. The number of hydrogen-bond acceptors (Lipinski definition) is 7. The van der Waals surface area contributed by atoms with Gasteiger partial charge in [-0.05, 0) is 50.3 Å². The molecule has 1 heterocycles. The first-order chi connectivity index (χ1) is 18.0. The molecule has 3 amide bonds. The third kappa shape index (κ3) is 8.54. The summed E-state index contributed by atoms with van der Waals surface area (Å²) >= 11 is 0. The number of nitrogens with one attached hydrogen (secondary N) is 4. The van der Waals surface area contributed by atoms with Crippen LogP contribution in [0.3, 0.4) is 0 Å². The summed E-state index contributed by atoms with van der Waals surface area (Å²) in [5, 5.41) is 28.1. The largest absolute Gasteiger partial charge is 0.480 e. The smallest absolute Gasteiger partial charge is 0.326 e. The van der Waals surface area contributed by atoms with E-state index in [-0.39, 0.29) is 18.8 Å². The molecule has 210 valence electrons. The number of fused-ring (bicyclic) bond motifs is 1. The molecule has 12 nitrogen and oxygen atoms in total. The molecule has 5 unspecified atom stereocenters.